The average Bonchev–Trinajstić information content (AvgIpc) is 2.43. The lowest BCUT2D eigenvalue weighted by Gasteiger charge is -2.10. The molecule has 1 aromatic carbocycles. The van der Waals surface area contributed by atoms with E-state index in [9.17, 15) is 8.78 Å². The summed E-state index contributed by atoms with van der Waals surface area (Å²) < 4.78 is 27.4. The van der Waals surface area contributed by atoms with E-state index in [4.69, 9.17) is 0 Å². The molecule has 0 amide bonds. The van der Waals surface area contributed by atoms with Crippen molar-refractivity contribution in [1.82, 2.24) is 9.97 Å². The van der Waals surface area contributed by atoms with Crippen molar-refractivity contribution >= 4 is 21.7 Å². The van der Waals surface area contributed by atoms with Gasteiger partial charge in [-0.2, -0.15) is 0 Å². The van der Waals surface area contributed by atoms with Gasteiger partial charge in [-0.05, 0) is 34.0 Å². The lowest BCUT2D eigenvalue weighted by atomic mass is 10.1. The second-order valence-corrected chi connectivity index (χ2v) is 5.06. The molecule has 0 radical (unpaired) electrons. The second kappa shape index (κ2) is 6.26. The van der Waals surface area contributed by atoms with E-state index in [0.29, 0.717) is 17.2 Å². The van der Waals surface area contributed by atoms with Crippen LogP contribution in [0.3, 0.4) is 0 Å². The summed E-state index contributed by atoms with van der Waals surface area (Å²) in [5.41, 5.74) is 1.22. The van der Waals surface area contributed by atoms with Crippen LogP contribution in [-0.4, -0.2) is 17.0 Å². The smallest absolute Gasteiger partial charge is 0.144 e. The standard InChI is InChI=1S/C14H14BrF2N3/c1-3-11-13(15)14(18-2)20-12(19-11)6-8-4-5-9(16)7-10(8)17/h4-5,7H,3,6H2,1-2H3,(H,18,19,20). The number of anilines is 1. The molecule has 106 valence electrons. The molecular weight excluding hydrogens is 328 g/mol. The molecule has 0 atom stereocenters. The minimum absolute atomic E-state index is 0.223. The number of aromatic nitrogens is 2. The molecule has 2 rings (SSSR count). The van der Waals surface area contributed by atoms with Gasteiger partial charge in [-0.3, -0.25) is 0 Å². The number of aryl methyl sites for hydroxylation is 1. The zero-order chi connectivity index (χ0) is 14.7. The molecular formula is C14H14BrF2N3. The Kier molecular flexibility index (Phi) is 4.65. The van der Waals surface area contributed by atoms with Gasteiger partial charge in [-0.1, -0.05) is 13.0 Å². The van der Waals surface area contributed by atoms with Crippen LogP contribution in [0.15, 0.2) is 22.7 Å². The third-order valence-corrected chi connectivity index (χ3v) is 3.73. The van der Waals surface area contributed by atoms with Crippen molar-refractivity contribution < 1.29 is 8.78 Å². The second-order valence-electron chi connectivity index (χ2n) is 4.27. The van der Waals surface area contributed by atoms with Gasteiger partial charge in [0.05, 0.1) is 10.2 Å². The Morgan fingerprint density at radius 2 is 2.00 bits per heavy atom. The van der Waals surface area contributed by atoms with Gasteiger partial charge in [0.1, 0.15) is 23.3 Å². The Hall–Kier alpha value is -1.56. The van der Waals surface area contributed by atoms with Gasteiger partial charge in [-0.15, -0.1) is 0 Å². The highest BCUT2D eigenvalue weighted by Crippen LogP contribution is 2.24. The maximum Gasteiger partial charge on any atom is 0.144 e. The molecule has 1 aromatic heterocycles. The topological polar surface area (TPSA) is 37.8 Å². The summed E-state index contributed by atoms with van der Waals surface area (Å²) in [6.45, 7) is 1.98. The lowest BCUT2D eigenvalue weighted by Crippen LogP contribution is -2.06. The molecule has 20 heavy (non-hydrogen) atoms. The quantitative estimate of drug-likeness (QED) is 0.921. The average molecular weight is 342 g/mol. The highest BCUT2D eigenvalue weighted by Gasteiger charge is 2.12. The molecule has 3 nitrogen and oxygen atoms in total. The monoisotopic (exact) mass is 341 g/mol. The van der Waals surface area contributed by atoms with Crippen LogP contribution in [-0.2, 0) is 12.8 Å². The molecule has 0 unspecified atom stereocenters. The van der Waals surface area contributed by atoms with Crippen LogP contribution in [0, 0.1) is 11.6 Å². The largest absolute Gasteiger partial charge is 0.372 e. The molecule has 0 aliphatic carbocycles. The first-order valence-electron chi connectivity index (χ1n) is 6.22. The van der Waals surface area contributed by atoms with Gasteiger partial charge in [-0.25, -0.2) is 18.7 Å². The number of hydrogen-bond acceptors (Lipinski definition) is 3. The molecule has 2 aromatic rings. The van der Waals surface area contributed by atoms with E-state index in [1.165, 1.54) is 12.1 Å². The fourth-order valence-electron chi connectivity index (χ4n) is 1.86. The summed E-state index contributed by atoms with van der Waals surface area (Å²) in [5, 5.41) is 2.97. The number of benzene rings is 1. The Balaban J connectivity index is 2.38. The predicted octanol–water partition coefficient (Wildman–Crippen LogP) is 3.71. The maximum atomic E-state index is 13.7. The normalized spacial score (nSPS) is 10.7. The number of nitrogens with zero attached hydrogens (tertiary/aromatic N) is 2. The summed E-state index contributed by atoms with van der Waals surface area (Å²) in [6, 6.07) is 3.52. The Morgan fingerprint density at radius 3 is 2.60 bits per heavy atom. The summed E-state index contributed by atoms with van der Waals surface area (Å²) >= 11 is 3.43. The van der Waals surface area contributed by atoms with Crippen LogP contribution in [0.1, 0.15) is 24.0 Å². The van der Waals surface area contributed by atoms with Crippen LogP contribution in [0.2, 0.25) is 0 Å². The molecule has 0 aliphatic rings. The Bertz CT molecular complexity index is 607. The highest BCUT2D eigenvalue weighted by atomic mass is 79.9. The van der Waals surface area contributed by atoms with Gasteiger partial charge in [0.2, 0.25) is 0 Å². The summed E-state index contributed by atoms with van der Waals surface area (Å²) in [4.78, 5) is 8.73. The maximum absolute atomic E-state index is 13.7. The molecule has 0 fully saturated rings. The van der Waals surface area contributed by atoms with E-state index in [1.807, 2.05) is 6.92 Å². The predicted molar refractivity (Wildman–Crippen MR) is 77.8 cm³/mol. The van der Waals surface area contributed by atoms with Crippen molar-refractivity contribution in [1.29, 1.82) is 0 Å². The van der Waals surface area contributed by atoms with Crippen molar-refractivity contribution in [3.8, 4) is 0 Å². The number of halogens is 3. The summed E-state index contributed by atoms with van der Waals surface area (Å²) in [5.74, 6) is -0.0111. The van der Waals surface area contributed by atoms with Crippen LogP contribution in [0.25, 0.3) is 0 Å². The van der Waals surface area contributed by atoms with Gasteiger partial charge in [0.25, 0.3) is 0 Å². The minimum atomic E-state index is -0.590. The first-order chi connectivity index (χ1) is 9.55. The Morgan fingerprint density at radius 1 is 1.25 bits per heavy atom. The highest BCUT2D eigenvalue weighted by molar-refractivity contribution is 9.10. The molecule has 1 heterocycles. The van der Waals surface area contributed by atoms with E-state index in [1.54, 1.807) is 7.05 Å². The molecule has 0 saturated carbocycles. The third-order valence-electron chi connectivity index (χ3n) is 2.90. The molecule has 0 spiro atoms. The summed E-state index contributed by atoms with van der Waals surface area (Å²) in [7, 11) is 1.76. The van der Waals surface area contributed by atoms with Crippen molar-refractivity contribution in [3.63, 3.8) is 0 Å². The van der Waals surface area contributed by atoms with Crippen molar-refractivity contribution in [2.75, 3.05) is 12.4 Å². The zero-order valence-corrected chi connectivity index (χ0v) is 12.8. The van der Waals surface area contributed by atoms with Gasteiger partial charge in [0.15, 0.2) is 0 Å². The number of nitrogens with one attached hydrogen (secondary N) is 1. The van der Waals surface area contributed by atoms with Gasteiger partial charge < -0.3 is 5.32 Å². The first-order valence-corrected chi connectivity index (χ1v) is 7.01. The van der Waals surface area contributed by atoms with Crippen LogP contribution >= 0.6 is 15.9 Å². The van der Waals surface area contributed by atoms with Crippen LogP contribution in [0.4, 0.5) is 14.6 Å². The van der Waals surface area contributed by atoms with Crippen LogP contribution < -0.4 is 5.32 Å². The fourth-order valence-corrected chi connectivity index (χ4v) is 2.51. The summed E-state index contributed by atoms with van der Waals surface area (Å²) in [6.07, 6.45) is 0.956. The van der Waals surface area contributed by atoms with Gasteiger partial charge >= 0.3 is 0 Å². The van der Waals surface area contributed by atoms with Crippen molar-refractivity contribution in [2.24, 2.45) is 0 Å². The van der Waals surface area contributed by atoms with E-state index in [0.717, 1.165) is 22.7 Å². The first kappa shape index (κ1) is 14.8. The van der Waals surface area contributed by atoms with Crippen molar-refractivity contribution in [3.05, 3.63) is 51.4 Å². The molecule has 6 heteroatoms. The van der Waals surface area contributed by atoms with Gasteiger partial charge in [0, 0.05) is 19.5 Å². The molecule has 0 saturated heterocycles. The number of rotatable bonds is 4. The minimum Gasteiger partial charge on any atom is -0.372 e. The van der Waals surface area contributed by atoms with E-state index >= 15 is 0 Å². The fraction of sp³-hybridized carbons (Fsp3) is 0.286. The third kappa shape index (κ3) is 3.12. The van der Waals surface area contributed by atoms with E-state index in [2.05, 4.69) is 31.2 Å². The molecule has 0 aliphatic heterocycles. The van der Waals surface area contributed by atoms with E-state index in [-0.39, 0.29) is 6.42 Å². The number of hydrogen-bond donors (Lipinski definition) is 1. The molecule has 0 bridgehead atoms. The van der Waals surface area contributed by atoms with Crippen molar-refractivity contribution in [2.45, 2.75) is 19.8 Å². The van der Waals surface area contributed by atoms with E-state index < -0.39 is 11.6 Å². The SMILES string of the molecule is CCc1nc(Cc2ccc(F)cc2F)nc(NC)c1Br. The Labute approximate surface area is 124 Å². The van der Waals surface area contributed by atoms with Crippen LogP contribution in [0.5, 0.6) is 0 Å². The lowest BCUT2D eigenvalue weighted by molar-refractivity contribution is 0.573. The zero-order valence-electron chi connectivity index (χ0n) is 11.2. The molecule has 1 N–H and O–H groups in total.